The van der Waals surface area contributed by atoms with E-state index in [2.05, 4.69) is 212 Å². The SMILES string of the molecule is CC(C)(C)c1ccc(-c2[c-]cccc2)nc1.CC(C)c1cc(-c2ccc(C(C)(C)C)cc2)cc(C(C)C)c1-n1c(-c2[c-]ccc3c2oc2cc(-c4ccccc4)ccc23)nc2ccccc21.[Ir]. The fourth-order valence-electron chi connectivity index (χ4n) is 8.84. The predicted molar refractivity (Wildman–Crippen MR) is 278 cm³/mol. The maximum atomic E-state index is 6.77. The number of imidazole rings is 1. The zero-order chi connectivity index (χ0) is 46.3. The van der Waals surface area contributed by atoms with Crippen molar-refractivity contribution >= 4 is 33.0 Å². The molecule has 10 aromatic rings. The molecule has 1 radical (unpaired) electrons. The van der Waals surface area contributed by atoms with Crippen LogP contribution < -0.4 is 0 Å². The molecule has 5 heteroatoms. The molecule has 0 amide bonds. The summed E-state index contributed by atoms with van der Waals surface area (Å²) in [6, 6.07) is 62.3. The first-order valence-electron chi connectivity index (χ1n) is 23.3. The summed E-state index contributed by atoms with van der Waals surface area (Å²) in [4.78, 5) is 9.81. The van der Waals surface area contributed by atoms with Gasteiger partial charge in [-0.05, 0) is 103 Å². The molecule has 3 aromatic heterocycles. The fraction of sp³-hybridized carbons (Fsp3) is 0.226. The van der Waals surface area contributed by atoms with Crippen LogP contribution in [-0.2, 0) is 30.9 Å². The molecule has 0 unspecified atom stereocenters. The second kappa shape index (κ2) is 19.1. The van der Waals surface area contributed by atoms with E-state index >= 15 is 0 Å². The van der Waals surface area contributed by atoms with Crippen LogP contribution in [0.5, 0.6) is 0 Å². The summed E-state index contributed by atoms with van der Waals surface area (Å²) in [6.07, 6.45) is 1.95. The molecule has 0 fully saturated rings. The Morgan fingerprint density at radius 2 is 1.18 bits per heavy atom. The molecule has 0 aliphatic rings. The molecule has 7 aromatic carbocycles. The van der Waals surface area contributed by atoms with Crippen molar-refractivity contribution in [1.82, 2.24) is 14.5 Å². The van der Waals surface area contributed by atoms with E-state index in [-0.39, 0.29) is 42.8 Å². The number of hydrogen-bond donors (Lipinski definition) is 0. The molecule has 0 atom stereocenters. The summed E-state index contributed by atoms with van der Waals surface area (Å²) < 4.78 is 9.14. The van der Waals surface area contributed by atoms with Crippen LogP contribution >= 0.6 is 0 Å². The molecule has 0 saturated heterocycles. The Morgan fingerprint density at radius 3 is 1.81 bits per heavy atom. The van der Waals surface area contributed by atoms with E-state index in [1.165, 1.54) is 44.6 Å². The van der Waals surface area contributed by atoms with E-state index in [0.717, 1.165) is 61.2 Å². The van der Waals surface area contributed by atoms with E-state index in [4.69, 9.17) is 9.40 Å². The number of aromatic nitrogens is 3. The van der Waals surface area contributed by atoms with Gasteiger partial charge in [0.15, 0.2) is 0 Å². The van der Waals surface area contributed by atoms with Gasteiger partial charge in [-0.1, -0.05) is 171 Å². The molecule has 0 bridgehead atoms. The molecule has 3 heterocycles. The van der Waals surface area contributed by atoms with E-state index in [0.29, 0.717) is 0 Å². The second-order valence-electron chi connectivity index (χ2n) is 20.1. The quantitative estimate of drug-likeness (QED) is 0.149. The zero-order valence-corrected chi connectivity index (χ0v) is 42.7. The number of rotatable bonds is 7. The maximum absolute atomic E-state index is 6.77. The number of nitrogens with zero attached hydrogens (tertiary/aromatic N) is 3. The first kappa shape index (κ1) is 47.1. The second-order valence-corrected chi connectivity index (χ2v) is 20.1. The Morgan fingerprint density at radius 1 is 0.552 bits per heavy atom. The summed E-state index contributed by atoms with van der Waals surface area (Å²) in [6.45, 7) is 22.6. The average molecular weight is 1050 g/mol. The number of benzene rings is 7. The Hall–Kier alpha value is -6.39. The van der Waals surface area contributed by atoms with Crippen LogP contribution in [0.1, 0.15) is 103 Å². The van der Waals surface area contributed by atoms with Crippen LogP contribution in [0.25, 0.3) is 83.6 Å². The van der Waals surface area contributed by atoms with Crippen molar-refractivity contribution in [3.8, 4) is 50.6 Å². The number of para-hydroxylation sites is 2. The number of furan rings is 1. The summed E-state index contributed by atoms with van der Waals surface area (Å²) in [5.41, 5.74) is 18.0. The molecule has 0 aliphatic heterocycles. The number of hydrogen-bond acceptors (Lipinski definition) is 3. The molecule has 67 heavy (non-hydrogen) atoms. The van der Waals surface area contributed by atoms with Gasteiger partial charge < -0.3 is 14.0 Å². The Balaban J connectivity index is 0.000000303. The molecular weight excluding hydrogens is 995 g/mol. The van der Waals surface area contributed by atoms with Gasteiger partial charge in [0, 0.05) is 37.4 Å². The van der Waals surface area contributed by atoms with Crippen molar-refractivity contribution in [2.24, 2.45) is 0 Å². The minimum absolute atomic E-state index is 0. The van der Waals surface area contributed by atoms with Crippen molar-refractivity contribution in [3.05, 3.63) is 198 Å². The molecule has 0 aliphatic carbocycles. The van der Waals surface area contributed by atoms with Crippen LogP contribution in [0, 0.1) is 12.1 Å². The van der Waals surface area contributed by atoms with E-state index < -0.39 is 0 Å². The fourth-order valence-corrected chi connectivity index (χ4v) is 8.84. The van der Waals surface area contributed by atoms with E-state index in [1.54, 1.807) is 0 Å². The minimum atomic E-state index is 0. The van der Waals surface area contributed by atoms with Gasteiger partial charge >= 0.3 is 0 Å². The van der Waals surface area contributed by atoms with E-state index in [9.17, 15) is 0 Å². The zero-order valence-electron chi connectivity index (χ0n) is 40.3. The first-order valence-corrected chi connectivity index (χ1v) is 23.3. The molecule has 10 rings (SSSR count). The third kappa shape index (κ3) is 9.59. The Kier molecular flexibility index (Phi) is 13.4. The Bertz CT molecular complexity index is 3260. The van der Waals surface area contributed by atoms with Gasteiger partial charge in [0.05, 0.1) is 22.4 Å². The van der Waals surface area contributed by atoms with Gasteiger partial charge in [0.1, 0.15) is 5.58 Å². The largest absolute Gasteiger partial charge is 0.501 e. The van der Waals surface area contributed by atoms with Crippen molar-refractivity contribution in [3.63, 3.8) is 0 Å². The normalized spacial score (nSPS) is 11.9. The third-order valence-corrected chi connectivity index (χ3v) is 12.7. The molecule has 0 saturated carbocycles. The number of pyridine rings is 1. The topological polar surface area (TPSA) is 43.9 Å². The van der Waals surface area contributed by atoms with Crippen molar-refractivity contribution in [2.45, 2.75) is 91.9 Å². The molecule has 0 spiro atoms. The van der Waals surface area contributed by atoms with Gasteiger partial charge in [0.25, 0.3) is 0 Å². The average Bonchev–Trinajstić information content (AvgIpc) is 3.90. The van der Waals surface area contributed by atoms with Crippen LogP contribution in [0.15, 0.2) is 168 Å². The van der Waals surface area contributed by atoms with Gasteiger partial charge in [-0.3, -0.25) is 4.98 Å². The summed E-state index contributed by atoms with van der Waals surface area (Å²) in [5.74, 6) is 1.38. The van der Waals surface area contributed by atoms with Crippen LogP contribution in [-0.4, -0.2) is 14.5 Å². The van der Waals surface area contributed by atoms with Crippen LogP contribution in [0.4, 0.5) is 0 Å². The van der Waals surface area contributed by atoms with Crippen molar-refractivity contribution in [1.29, 1.82) is 0 Å². The van der Waals surface area contributed by atoms with Gasteiger partial charge in [-0.25, -0.2) is 0 Å². The monoisotopic (exact) mass is 1050 g/mol. The van der Waals surface area contributed by atoms with E-state index in [1.807, 2.05) is 42.6 Å². The third-order valence-electron chi connectivity index (χ3n) is 12.7. The first-order chi connectivity index (χ1) is 31.7. The van der Waals surface area contributed by atoms with Crippen LogP contribution in [0.2, 0.25) is 0 Å². The van der Waals surface area contributed by atoms with Gasteiger partial charge in [0.2, 0.25) is 0 Å². The summed E-state index contributed by atoms with van der Waals surface area (Å²) in [7, 11) is 0. The van der Waals surface area contributed by atoms with Crippen LogP contribution in [0.3, 0.4) is 0 Å². The predicted octanol–water partition coefficient (Wildman–Crippen LogP) is 17.1. The molecular formula is C62H59IrN3O-2. The Labute approximate surface area is 410 Å². The summed E-state index contributed by atoms with van der Waals surface area (Å²) in [5, 5.41) is 2.15. The number of fused-ring (bicyclic) bond motifs is 4. The molecule has 339 valence electrons. The molecule has 0 N–H and O–H groups in total. The maximum Gasteiger partial charge on any atom is 0.121 e. The summed E-state index contributed by atoms with van der Waals surface area (Å²) >= 11 is 0. The minimum Gasteiger partial charge on any atom is -0.501 e. The van der Waals surface area contributed by atoms with Crippen molar-refractivity contribution in [2.75, 3.05) is 0 Å². The standard InChI is InChI=1S/C47H43N2O.C15H16N.Ir/c1-29(2)39-26-34(32-20-23-35(24-21-32)47(5,6)7)27-40(30(3)4)44(39)49-42-19-12-11-18-41(42)48-46(49)38-17-13-16-37-36-25-22-33(28-43(36)50-45(37)38)31-14-9-8-10-15-31;1-15(2,3)13-9-10-14(16-11-13)12-7-5-4-6-8-12;/h8-16,18-30H,1-7H3;4-7,9-11H,1-3H3;/q2*-1;. The van der Waals surface area contributed by atoms with Crippen molar-refractivity contribution < 1.29 is 24.5 Å². The van der Waals surface area contributed by atoms with Gasteiger partial charge in [-0.2, -0.15) is 0 Å². The molecule has 4 nitrogen and oxygen atoms in total. The smallest absolute Gasteiger partial charge is 0.121 e. The van der Waals surface area contributed by atoms with Gasteiger partial charge in [-0.15, -0.1) is 54.1 Å².